The summed E-state index contributed by atoms with van der Waals surface area (Å²) in [7, 11) is 1.29. The van der Waals surface area contributed by atoms with E-state index >= 15 is 0 Å². The average Bonchev–Trinajstić information content (AvgIpc) is 3.04. The van der Waals surface area contributed by atoms with E-state index in [1.165, 1.54) is 23.3 Å². The van der Waals surface area contributed by atoms with Crippen LogP contribution >= 0.6 is 11.3 Å². The fourth-order valence-corrected chi connectivity index (χ4v) is 3.44. The molecular weight excluding hydrogens is 316 g/mol. The normalized spacial score (nSPS) is 13.3. The third kappa shape index (κ3) is 2.49. The fraction of sp³-hybridized carbons (Fsp3) is 0.188. The molecule has 0 bridgehead atoms. The third-order valence-electron chi connectivity index (χ3n) is 3.77. The maximum Gasteiger partial charge on any atom is 0.341 e. The number of thiophene rings is 1. The molecule has 2 amide bonds. The van der Waals surface area contributed by atoms with Crippen LogP contribution in [-0.4, -0.2) is 36.3 Å². The van der Waals surface area contributed by atoms with Gasteiger partial charge < -0.3 is 10.5 Å². The number of anilines is 1. The zero-order valence-corrected chi connectivity index (χ0v) is 13.2. The summed E-state index contributed by atoms with van der Waals surface area (Å²) in [6.07, 6.45) is 0.351. The Morgan fingerprint density at radius 1 is 1.22 bits per heavy atom. The van der Waals surface area contributed by atoms with Crippen LogP contribution in [0.1, 0.15) is 36.6 Å². The molecular formula is C16H14N2O4S. The number of esters is 1. The number of carbonyl (C=O) groups excluding carboxylic acids is 3. The predicted molar refractivity (Wildman–Crippen MR) is 85.6 cm³/mol. The van der Waals surface area contributed by atoms with Crippen molar-refractivity contribution < 1.29 is 19.1 Å². The number of nitrogens with zero attached hydrogens (tertiary/aromatic N) is 1. The Morgan fingerprint density at radius 2 is 1.83 bits per heavy atom. The largest absolute Gasteiger partial charge is 0.465 e. The van der Waals surface area contributed by atoms with Gasteiger partial charge >= 0.3 is 5.97 Å². The monoisotopic (exact) mass is 330 g/mol. The van der Waals surface area contributed by atoms with Gasteiger partial charge in [-0.3, -0.25) is 14.5 Å². The van der Waals surface area contributed by atoms with E-state index in [0.717, 1.165) is 0 Å². The predicted octanol–water partition coefficient (Wildman–Crippen LogP) is 1.96. The van der Waals surface area contributed by atoms with Gasteiger partial charge in [0.05, 0.1) is 23.8 Å². The van der Waals surface area contributed by atoms with Crippen molar-refractivity contribution in [3.63, 3.8) is 0 Å². The van der Waals surface area contributed by atoms with Crippen LogP contribution in [0.15, 0.2) is 29.6 Å². The first-order chi connectivity index (χ1) is 11.0. The van der Waals surface area contributed by atoms with Gasteiger partial charge in [-0.25, -0.2) is 4.79 Å². The second kappa shape index (κ2) is 5.85. The number of imide groups is 1. The highest BCUT2D eigenvalue weighted by molar-refractivity contribution is 7.14. The molecule has 0 radical (unpaired) electrons. The topological polar surface area (TPSA) is 89.7 Å². The molecule has 1 aliphatic rings. The lowest BCUT2D eigenvalue weighted by Gasteiger charge is -2.13. The first kappa shape index (κ1) is 15.2. The number of nitrogen functional groups attached to an aromatic ring is 1. The van der Waals surface area contributed by atoms with Crippen LogP contribution in [0.25, 0.3) is 0 Å². The Balaban J connectivity index is 1.80. The van der Waals surface area contributed by atoms with Gasteiger partial charge in [-0.2, -0.15) is 0 Å². The molecule has 6 nitrogen and oxygen atoms in total. The highest BCUT2D eigenvalue weighted by atomic mass is 32.1. The van der Waals surface area contributed by atoms with Crippen LogP contribution in [0, 0.1) is 0 Å². The summed E-state index contributed by atoms with van der Waals surface area (Å²) in [4.78, 5) is 37.6. The smallest absolute Gasteiger partial charge is 0.341 e. The van der Waals surface area contributed by atoms with Gasteiger partial charge in [-0.1, -0.05) is 12.1 Å². The minimum atomic E-state index is -0.513. The molecule has 0 atom stereocenters. The number of carbonyl (C=O) groups is 3. The molecule has 1 aliphatic heterocycles. The van der Waals surface area contributed by atoms with E-state index in [1.54, 1.807) is 29.6 Å². The number of hydrogen-bond acceptors (Lipinski definition) is 6. The molecule has 0 fully saturated rings. The minimum Gasteiger partial charge on any atom is -0.465 e. The van der Waals surface area contributed by atoms with Crippen LogP contribution in [0.2, 0.25) is 0 Å². The molecule has 3 rings (SSSR count). The Morgan fingerprint density at radius 3 is 2.39 bits per heavy atom. The minimum absolute atomic E-state index is 0.187. The van der Waals surface area contributed by atoms with E-state index in [9.17, 15) is 14.4 Å². The van der Waals surface area contributed by atoms with Gasteiger partial charge in [0.1, 0.15) is 5.00 Å². The number of hydrogen-bond donors (Lipinski definition) is 1. The maximum absolute atomic E-state index is 12.3. The van der Waals surface area contributed by atoms with E-state index < -0.39 is 5.97 Å². The van der Waals surface area contributed by atoms with E-state index in [4.69, 9.17) is 10.5 Å². The molecule has 7 heteroatoms. The molecule has 1 aromatic heterocycles. The van der Waals surface area contributed by atoms with Crippen LogP contribution in [0.5, 0.6) is 0 Å². The van der Waals surface area contributed by atoms with Crippen molar-refractivity contribution in [1.82, 2.24) is 4.90 Å². The van der Waals surface area contributed by atoms with E-state index in [1.807, 2.05) is 0 Å². The molecule has 0 spiro atoms. The van der Waals surface area contributed by atoms with Crippen LogP contribution in [0.4, 0.5) is 5.00 Å². The first-order valence-corrected chi connectivity index (χ1v) is 7.82. The Labute approximate surface area is 136 Å². The van der Waals surface area contributed by atoms with Crippen molar-refractivity contribution >= 4 is 34.1 Å². The van der Waals surface area contributed by atoms with Gasteiger partial charge in [0, 0.05) is 6.54 Å². The van der Waals surface area contributed by atoms with Crippen LogP contribution in [0.3, 0.4) is 0 Å². The molecule has 0 aliphatic carbocycles. The molecule has 2 aromatic rings. The van der Waals surface area contributed by atoms with Gasteiger partial charge in [-0.15, -0.1) is 11.3 Å². The second-order valence-electron chi connectivity index (χ2n) is 5.05. The lowest BCUT2D eigenvalue weighted by atomic mass is 10.1. The van der Waals surface area contributed by atoms with Gasteiger partial charge in [0.25, 0.3) is 11.8 Å². The van der Waals surface area contributed by atoms with E-state index in [2.05, 4.69) is 0 Å². The molecule has 0 unspecified atom stereocenters. The summed E-state index contributed by atoms with van der Waals surface area (Å²) in [6, 6.07) is 6.72. The van der Waals surface area contributed by atoms with Crippen molar-refractivity contribution in [3.8, 4) is 0 Å². The van der Waals surface area contributed by atoms with Gasteiger partial charge in [0.15, 0.2) is 0 Å². The van der Waals surface area contributed by atoms with Crippen molar-refractivity contribution in [2.75, 3.05) is 19.4 Å². The highest BCUT2D eigenvalue weighted by Gasteiger charge is 2.35. The second-order valence-corrected chi connectivity index (χ2v) is 5.96. The first-order valence-electron chi connectivity index (χ1n) is 6.94. The van der Waals surface area contributed by atoms with Gasteiger partial charge in [-0.05, 0) is 29.5 Å². The molecule has 23 heavy (non-hydrogen) atoms. The zero-order valence-electron chi connectivity index (χ0n) is 12.4. The maximum atomic E-state index is 12.3. The number of benzene rings is 1. The third-order valence-corrected chi connectivity index (χ3v) is 4.63. The molecule has 118 valence electrons. The number of methoxy groups -OCH3 is 1. The lowest BCUT2D eigenvalue weighted by molar-refractivity contribution is 0.0601. The molecule has 2 heterocycles. The summed E-state index contributed by atoms with van der Waals surface area (Å²) in [5.41, 5.74) is 7.61. The standard InChI is InChI=1S/C16H14N2O4S/c1-22-16(21)12-9(8-23-13(12)17)6-7-18-14(19)10-4-2-3-5-11(10)15(18)20/h2-5,8H,6-7,17H2,1H3. The van der Waals surface area contributed by atoms with Crippen LogP contribution < -0.4 is 5.73 Å². The van der Waals surface area contributed by atoms with Crippen LogP contribution in [-0.2, 0) is 11.2 Å². The number of ether oxygens (including phenoxy) is 1. The molecule has 0 saturated carbocycles. The summed E-state index contributed by atoms with van der Waals surface area (Å²) >= 11 is 1.23. The zero-order chi connectivity index (χ0) is 16.6. The van der Waals surface area contributed by atoms with Crippen molar-refractivity contribution in [1.29, 1.82) is 0 Å². The Hall–Kier alpha value is -2.67. The molecule has 2 N–H and O–H groups in total. The molecule has 0 saturated heterocycles. The number of fused-ring (bicyclic) bond motifs is 1. The van der Waals surface area contributed by atoms with Crippen molar-refractivity contribution in [2.24, 2.45) is 0 Å². The Bertz CT molecular complexity index is 777. The van der Waals surface area contributed by atoms with E-state index in [-0.39, 0.29) is 18.4 Å². The SMILES string of the molecule is COC(=O)c1c(CCN2C(=O)c3ccccc3C2=O)csc1N. The quantitative estimate of drug-likeness (QED) is 0.683. The van der Waals surface area contributed by atoms with Crippen molar-refractivity contribution in [3.05, 3.63) is 51.9 Å². The Kier molecular flexibility index (Phi) is 3.87. The molecule has 1 aromatic carbocycles. The summed E-state index contributed by atoms with van der Waals surface area (Å²) in [6.45, 7) is 0.187. The van der Waals surface area contributed by atoms with Gasteiger partial charge in [0.2, 0.25) is 0 Å². The average molecular weight is 330 g/mol. The van der Waals surface area contributed by atoms with E-state index in [0.29, 0.717) is 33.7 Å². The number of amides is 2. The fourth-order valence-electron chi connectivity index (χ4n) is 2.60. The summed E-state index contributed by atoms with van der Waals surface area (Å²) < 4.78 is 4.72. The highest BCUT2D eigenvalue weighted by Crippen LogP contribution is 2.28. The van der Waals surface area contributed by atoms with Crippen molar-refractivity contribution in [2.45, 2.75) is 6.42 Å². The summed E-state index contributed by atoms with van der Waals surface area (Å²) in [5.74, 6) is -1.14. The number of rotatable bonds is 4. The lowest BCUT2D eigenvalue weighted by Crippen LogP contribution is -2.32. The number of nitrogens with two attached hydrogens (primary N) is 1. The summed E-state index contributed by atoms with van der Waals surface area (Å²) in [5, 5.41) is 2.12.